The van der Waals surface area contributed by atoms with E-state index in [2.05, 4.69) is 31.8 Å². The summed E-state index contributed by atoms with van der Waals surface area (Å²) in [6.45, 7) is 6.77. The second-order valence-corrected chi connectivity index (χ2v) is 11.3. The van der Waals surface area contributed by atoms with E-state index >= 15 is 0 Å². The van der Waals surface area contributed by atoms with E-state index in [-0.39, 0.29) is 18.9 Å². The van der Waals surface area contributed by atoms with Crippen LogP contribution in [0.5, 0.6) is 0 Å². The topological polar surface area (TPSA) is 0 Å². The molecule has 0 bridgehead atoms. The van der Waals surface area contributed by atoms with E-state index in [1.807, 2.05) is 18.2 Å². The summed E-state index contributed by atoms with van der Waals surface area (Å²) in [4.78, 5) is 1.23. The van der Waals surface area contributed by atoms with Gasteiger partial charge >= 0.3 is 18.9 Å². The molecule has 0 atom stereocenters. The molecule has 1 aromatic carbocycles. The van der Waals surface area contributed by atoms with Crippen LogP contribution in [-0.4, -0.2) is 8.07 Å². The molecular weight excluding hydrogens is 223 g/mol. The summed E-state index contributed by atoms with van der Waals surface area (Å²) in [5, 5.41) is 0. The van der Waals surface area contributed by atoms with E-state index in [1.54, 1.807) is 11.8 Å². The van der Waals surface area contributed by atoms with Gasteiger partial charge in [-0.05, 0) is 4.90 Å². The van der Waals surface area contributed by atoms with Crippen molar-refractivity contribution in [3.63, 3.8) is 0 Å². The zero-order valence-corrected chi connectivity index (χ0v) is 11.7. The maximum absolute atomic E-state index is 6.23. The van der Waals surface area contributed by atoms with Crippen molar-refractivity contribution < 1.29 is 18.9 Å². The van der Waals surface area contributed by atoms with E-state index in [0.29, 0.717) is 0 Å². The minimum atomic E-state index is -1.30. The first-order chi connectivity index (χ1) is 6.00. The van der Waals surface area contributed by atoms with E-state index in [9.17, 15) is 0 Å². The van der Waals surface area contributed by atoms with E-state index in [0.717, 1.165) is 4.33 Å². The summed E-state index contributed by atoms with van der Waals surface area (Å²) in [6, 6.07) is 10.3. The summed E-state index contributed by atoms with van der Waals surface area (Å²) in [6.07, 6.45) is 0. The second kappa shape index (κ2) is 6.30. The van der Waals surface area contributed by atoms with Crippen molar-refractivity contribution in [2.24, 2.45) is 0 Å². The fourth-order valence-electron chi connectivity index (χ4n) is 0.745. The molecule has 0 aromatic heterocycles. The Bertz CT molecular complexity index is 261. The molecule has 0 nitrogen and oxygen atoms in total. The number of benzene rings is 1. The Hall–Kier alpha value is 0.674. The molecule has 14 heavy (non-hydrogen) atoms. The number of thioether (sulfide) groups is 1. The van der Waals surface area contributed by atoms with Gasteiger partial charge < -0.3 is 11.6 Å². The fourth-order valence-corrected chi connectivity index (χ4v) is 3.09. The number of hydrogen-bond donors (Lipinski definition) is 0. The second-order valence-electron chi connectivity index (χ2n) is 3.94. The van der Waals surface area contributed by atoms with Crippen LogP contribution in [0.2, 0.25) is 19.6 Å². The molecule has 0 fully saturated rings. The monoisotopic (exact) mass is 236 g/mol. The zero-order chi connectivity index (χ0) is 9.90. The van der Waals surface area contributed by atoms with Crippen molar-refractivity contribution in [3.05, 3.63) is 34.7 Å². The summed E-state index contributed by atoms with van der Waals surface area (Å²) >= 11 is 7.93. The third-order valence-corrected chi connectivity index (χ3v) is 7.48. The van der Waals surface area contributed by atoms with Crippen molar-refractivity contribution in [1.29, 1.82) is 0 Å². The number of halogens is 1. The van der Waals surface area contributed by atoms with Gasteiger partial charge in [0.25, 0.3) is 0 Å². The van der Waals surface area contributed by atoms with Crippen LogP contribution in [-0.2, 0) is 0 Å². The third kappa shape index (κ3) is 4.95. The molecule has 0 aliphatic heterocycles. The molecule has 0 N–H and O–H groups in total. The van der Waals surface area contributed by atoms with Crippen molar-refractivity contribution >= 4 is 31.4 Å². The van der Waals surface area contributed by atoms with Crippen molar-refractivity contribution in [2.75, 3.05) is 0 Å². The van der Waals surface area contributed by atoms with Gasteiger partial charge in [0.15, 0.2) is 0 Å². The average molecular weight is 237 g/mol. The summed E-state index contributed by atoms with van der Waals surface area (Å²) in [7, 11) is -1.30. The molecule has 0 saturated carbocycles. The minimum absolute atomic E-state index is 0. The first-order valence-corrected chi connectivity index (χ1v) is 8.95. The molecule has 0 aliphatic carbocycles. The van der Waals surface area contributed by atoms with E-state index in [1.165, 1.54) is 4.90 Å². The standard InChI is InChI=1S/C10H14ClSSi.Li/c1-13(2,3)10(11)12-9-7-5-4-6-8-9;/h4-8H,1-3H3;/q-1;+1. The van der Waals surface area contributed by atoms with Crippen LogP contribution in [0.4, 0.5) is 0 Å². The molecule has 0 spiro atoms. The zero-order valence-electron chi connectivity index (χ0n) is 9.17. The molecule has 4 heteroatoms. The Balaban J connectivity index is 0.00000169. The quantitative estimate of drug-likeness (QED) is 0.434. The van der Waals surface area contributed by atoms with Crippen LogP contribution >= 0.6 is 23.4 Å². The number of rotatable bonds is 3. The van der Waals surface area contributed by atoms with Crippen LogP contribution < -0.4 is 18.9 Å². The van der Waals surface area contributed by atoms with Crippen LogP contribution in [0.15, 0.2) is 35.2 Å². The smallest absolute Gasteiger partial charge is 0.336 e. The Morgan fingerprint density at radius 3 is 2.07 bits per heavy atom. The largest absolute Gasteiger partial charge is 1.00 e. The normalized spacial score (nSPS) is 11.2. The fraction of sp³-hybridized carbons (Fsp3) is 0.300. The predicted octanol–water partition coefficient (Wildman–Crippen LogP) is 1.39. The molecule has 0 saturated heterocycles. The van der Waals surface area contributed by atoms with Crippen molar-refractivity contribution in [2.45, 2.75) is 24.5 Å². The van der Waals surface area contributed by atoms with Gasteiger partial charge in [0.1, 0.15) is 0 Å². The van der Waals surface area contributed by atoms with Gasteiger partial charge in [0.2, 0.25) is 0 Å². The third-order valence-electron chi connectivity index (χ3n) is 1.54. The SMILES string of the molecule is C[Si](C)(C)[C-](Cl)Sc1ccccc1.[Li+]. The molecule has 0 radical (unpaired) electrons. The maximum atomic E-state index is 6.23. The molecule has 0 heterocycles. The molecule has 0 unspecified atom stereocenters. The number of hydrogen-bond acceptors (Lipinski definition) is 1. The molecular formula is C10H14ClLiSSi. The summed E-state index contributed by atoms with van der Waals surface area (Å²) < 4.78 is 1.07. The van der Waals surface area contributed by atoms with Crippen molar-refractivity contribution in [1.82, 2.24) is 0 Å². The Morgan fingerprint density at radius 2 is 1.64 bits per heavy atom. The Morgan fingerprint density at radius 1 is 1.14 bits per heavy atom. The van der Waals surface area contributed by atoms with Crippen LogP contribution in [0.25, 0.3) is 0 Å². The molecule has 1 rings (SSSR count). The Kier molecular flexibility index (Phi) is 6.60. The van der Waals surface area contributed by atoms with Gasteiger partial charge in [-0.1, -0.05) is 58.0 Å². The molecule has 0 amide bonds. The van der Waals surface area contributed by atoms with Crippen LogP contribution in [0, 0.1) is 4.33 Å². The van der Waals surface area contributed by atoms with Gasteiger partial charge in [-0.3, -0.25) is 11.8 Å². The van der Waals surface area contributed by atoms with E-state index in [4.69, 9.17) is 11.6 Å². The Labute approximate surface area is 109 Å². The van der Waals surface area contributed by atoms with Crippen LogP contribution in [0.1, 0.15) is 0 Å². The van der Waals surface area contributed by atoms with Crippen LogP contribution in [0.3, 0.4) is 0 Å². The molecule has 72 valence electrons. The summed E-state index contributed by atoms with van der Waals surface area (Å²) in [5.74, 6) is 0. The van der Waals surface area contributed by atoms with Gasteiger partial charge in [0.05, 0.1) is 0 Å². The first-order valence-electron chi connectivity index (χ1n) is 4.26. The van der Waals surface area contributed by atoms with Gasteiger partial charge in [-0.25, -0.2) is 0 Å². The first kappa shape index (κ1) is 14.7. The molecule has 0 aliphatic rings. The van der Waals surface area contributed by atoms with Gasteiger partial charge in [0, 0.05) is 0 Å². The average Bonchev–Trinajstić information content (AvgIpc) is 2.04. The van der Waals surface area contributed by atoms with Crippen molar-refractivity contribution in [3.8, 4) is 0 Å². The summed E-state index contributed by atoms with van der Waals surface area (Å²) in [5.41, 5.74) is 0. The minimum Gasteiger partial charge on any atom is -0.336 e. The predicted molar refractivity (Wildman–Crippen MR) is 64.7 cm³/mol. The maximum Gasteiger partial charge on any atom is 1.00 e. The van der Waals surface area contributed by atoms with E-state index < -0.39 is 8.07 Å². The van der Waals surface area contributed by atoms with Gasteiger partial charge in [-0.2, -0.15) is 4.33 Å². The molecule has 1 aromatic rings. The van der Waals surface area contributed by atoms with Gasteiger partial charge in [-0.15, -0.1) is 0 Å².